The van der Waals surface area contributed by atoms with Crippen molar-refractivity contribution < 1.29 is 14.6 Å². The Kier molecular flexibility index (Phi) is 5.66. The van der Waals surface area contributed by atoms with Crippen LogP contribution in [-0.2, 0) is 9.53 Å². The third kappa shape index (κ3) is 4.31. The molecule has 2 atom stereocenters. The van der Waals surface area contributed by atoms with Crippen molar-refractivity contribution in [2.75, 3.05) is 7.11 Å². The van der Waals surface area contributed by atoms with E-state index >= 15 is 0 Å². The third-order valence-corrected chi connectivity index (χ3v) is 1.91. The summed E-state index contributed by atoms with van der Waals surface area (Å²) < 4.78 is 5.08. The van der Waals surface area contributed by atoms with Gasteiger partial charge in [0.15, 0.2) is 0 Å². The zero-order valence-corrected chi connectivity index (χ0v) is 7.62. The van der Waals surface area contributed by atoms with Crippen LogP contribution in [0.4, 0.5) is 0 Å². The zero-order valence-electron chi connectivity index (χ0n) is 7.62. The van der Waals surface area contributed by atoms with Crippen LogP contribution < -0.4 is 5.73 Å². The van der Waals surface area contributed by atoms with Gasteiger partial charge in [0.05, 0.1) is 6.10 Å². The van der Waals surface area contributed by atoms with Gasteiger partial charge in [-0.05, 0) is 19.3 Å². The number of hydrogen-bond acceptors (Lipinski definition) is 3. The summed E-state index contributed by atoms with van der Waals surface area (Å²) in [5.74, 6) is -0.944. The zero-order chi connectivity index (χ0) is 9.56. The first kappa shape index (κ1) is 11.4. The van der Waals surface area contributed by atoms with Gasteiger partial charge in [-0.15, -0.1) is 0 Å². The van der Waals surface area contributed by atoms with E-state index in [4.69, 9.17) is 15.6 Å². The predicted molar refractivity (Wildman–Crippen MR) is 45.9 cm³/mol. The average Bonchev–Trinajstić information content (AvgIpc) is 2.05. The van der Waals surface area contributed by atoms with Crippen LogP contribution in [0.2, 0.25) is 0 Å². The van der Waals surface area contributed by atoms with Crippen LogP contribution in [0.3, 0.4) is 0 Å². The maximum atomic E-state index is 10.3. The van der Waals surface area contributed by atoms with Gasteiger partial charge in [-0.25, -0.2) is 0 Å². The Morgan fingerprint density at radius 2 is 2.17 bits per heavy atom. The number of carbonyl (C=O) groups is 1. The molecular formula is C8H17NO3. The second kappa shape index (κ2) is 5.97. The van der Waals surface area contributed by atoms with E-state index in [2.05, 4.69) is 0 Å². The summed E-state index contributed by atoms with van der Waals surface area (Å²) in [6.07, 6.45) is 2.21. The van der Waals surface area contributed by atoms with Gasteiger partial charge >= 0.3 is 5.97 Å². The van der Waals surface area contributed by atoms with Gasteiger partial charge in [0.2, 0.25) is 0 Å². The van der Waals surface area contributed by atoms with Gasteiger partial charge in [-0.1, -0.05) is 6.92 Å². The molecule has 0 aliphatic heterocycles. The molecule has 0 bridgehead atoms. The molecule has 0 saturated heterocycles. The first-order valence-electron chi connectivity index (χ1n) is 4.13. The van der Waals surface area contributed by atoms with Crippen molar-refractivity contribution >= 4 is 5.97 Å². The van der Waals surface area contributed by atoms with E-state index in [0.29, 0.717) is 12.8 Å². The van der Waals surface area contributed by atoms with E-state index in [1.54, 1.807) is 7.11 Å². The molecule has 0 spiro atoms. The lowest BCUT2D eigenvalue weighted by Crippen LogP contribution is -2.31. The number of aliphatic carboxylic acids is 1. The highest BCUT2D eigenvalue weighted by Crippen LogP contribution is 2.06. The van der Waals surface area contributed by atoms with Crippen LogP contribution in [0.1, 0.15) is 26.2 Å². The fourth-order valence-electron chi connectivity index (χ4n) is 0.978. The number of carboxylic acid groups (broad SMARTS) is 1. The van der Waals surface area contributed by atoms with Gasteiger partial charge in [-0.3, -0.25) is 4.79 Å². The summed E-state index contributed by atoms with van der Waals surface area (Å²) in [5, 5.41) is 8.47. The van der Waals surface area contributed by atoms with Crippen molar-refractivity contribution in [3.8, 4) is 0 Å². The first-order valence-corrected chi connectivity index (χ1v) is 4.13. The number of hydrogen-bond donors (Lipinski definition) is 2. The highest BCUT2D eigenvalue weighted by atomic mass is 16.5. The molecule has 0 heterocycles. The summed E-state index contributed by atoms with van der Waals surface area (Å²) >= 11 is 0. The van der Waals surface area contributed by atoms with Gasteiger partial charge in [0.1, 0.15) is 6.04 Å². The third-order valence-electron chi connectivity index (χ3n) is 1.91. The summed E-state index contributed by atoms with van der Waals surface area (Å²) in [6.45, 7) is 2.00. The van der Waals surface area contributed by atoms with Gasteiger partial charge in [0, 0.05) is 7.11 Å². The van der Waals surface area contributed by atoms with Crippen LogP contribution in [0.25, 0.3) is 0 Å². The minimum atomic E-state index is -0.944. The fourth-order valence-corrected chi connectivity index (χ4v) is 0.978. The molecule has 0 radical (unpaired) electrons. The van der Waals surface area contributed by atoms with Gasteiger partial charge < -0.3 is 15.6 Å². The lowest BCUT2D eigenvalue weighted by atomic mass is 10.1. The second-order valence-corrected chi connectivity index (χ2v) is 2.79. The molecule has 3 N–H and O–H groups in total. The number of carboxylic acids is 1. The summed E-state index contributed by atoms with van der Waals surface area (Å²) in [6, 6.07) is -0.755. The van der Waals surface area contributed by atoms with Crippen LogP contribution in [0.5, 0.6) is 0 Å². The Hall–Kier alpha value is -0.610. The minimum Gasteiger partial charge on any atom is -0.480 e. The molecule has 0 rings (SSSR count). The van der Waals surface area contributed by atoms with Crippen molar-refractivity contribution in [1.82, 2.24) is 0 Å². The molecule has 4 nitrogen and oxygen atoms in total. The van der Waals surface area contributed by atoms with Crippen LogP contribution >= 0.6 is 0 Å². The fraction of sp³-hybridized carbons (Fsp3) is 0.875. The van der Waals surface area contributed by atoms with Gasteiger partial charge in [-0.2, -0.15) is 0 Å². The number of nitrogens with two attached hydrogens (primary N) is 1. The Labute approximate surface area is 72.7 Å². The Bertz CT molecular complexity index is 134. The maximum absolute atomic E-state index is 10.3. The highest BCUT2D eigenvalue weighted by molar-refractivity contribution is 5.72. The molecule has 0 amide bonds. The molecule has 0 aromatic heterocycles. The van der Waals surface area contributed by atoms with Crippen molar-refractivity contribution in [2.45, 2.75) is 38.3 Å². The second-order valence-electron chi connectivity index (χ2n) is 2.79. The summed E-state index contributed by atoms with van der Waals surface area (Å²) in [7, 11) is 1.63. The van der Waals surface area contributed by atoms with Crippen molar-refractivity contribution in [3.05, 3.63) is 0 Å². The lowest BCUT2D eigenvalue weighted by Gasteiger charge is -2.13. The molecule has 0 aliphatic rings. The van der Waals surface area contributed by atoms with Crippen LogP contribution in [0.15, 0.2) is 0 Å². The van der Waals surface area contributed by atoms with Crippen molar-refractivity contribution in [2.24, 2.45) is 5.73 Å². The largest absolute Gasteiger partial charge is 0.480 e. The molecule has 0 saturated carbocycles. The van der Waals surface area contributed by atoms with Gasteiger partial charge in [0.25, 0.3) is 0 Å². The number of rotatable bonds is 6. The Morgan fingerprint density at radius 1 is 1.58 bits per heavy atom. The van der Waals surface area contributed by atoms with Crippen molar-refractivity contribution in [1.29, 1.82) is 0 Å². The number of methoxy groups -OCH3 is 1. The van der Waals surface area contributed by atoms with E-state index in [9.17, 15) is 4.79 Å². The van der Waals surface area contributed by atoms with E-state index < -0.39 is 12.0 Å². The molecule has 0 aliphatic carbocycles. The molecule has 0 aromatic rings. The minimum absolute atomic E-state index is 0.135. The molecule has 72 valence electrons. The van der Waals surface area contributed by atoms with Crippen LogP contribution in [-0.4, -0.2) is 30.3 Å². The van der Waals surface area contributed by atoms with E-state index in [1.807, 2.05) is 6.92 Å². The smallest absolute Gasteiger partial charge is 0.320 e. The molecule has 0 fully saturated rings. The molecular weight excluding hydrogens is 158 g/mol. The highest BCUT2D eigenvalue weighted by Gasteiger charge is 2.13. The maximum Gasteiger partial charge on any atom is 0.320 e. The van der Waals surface area contributed by atoms with E-state index in [-0.39, 0.29) is 6.10 Å². The average molecular weight is 175 g/mol. The SMILES string of the molecule is CCC(CCC(N)C(=O)O)OC. The van der Waals surface area contributed by atoms with E-state index in [0.717, 1.165) is 6.42 Å². The molecule has 4 heteroatoms. The summed E-state index contributed by atoms with van der Waals surface area (Å²) in [4.78, 5) is 10.3. The Morgan fingerprint density at radius 3 is 2.50 bits per heavy atom. The summed E-state index contributed by atoms with van der Waals surface area (Å²) in [5.41, 5.74) is 5.32. The molecule has 2 unspecified atom stereocenters. The number of ether oxygens (including phenoxy) is 1. The van der Waals surface area contributed by atoms with Crippen LogP contribution in [0, 0.1) is 0 Å². The predicted octanol–water partition coefficient (Wildman–Crippen LogP) is 0.603. The standard InChI is InChI=1S/C8H17NO3/c1-3-6(12-2)4-5-7(9)8(10)11/h6-7H,3-5,9H2,1-2H3,(H,10,11). The first-order chi connectivity index (χ1) is 5.61. The Balaban J connectivity index is 3.58. The quantitative estimate of drug-likeness (QED) is 0.620. The molecule has 0 aromatic carbocycles. The monoisotopic (exact) mass is 175 g/mol. The van der Waals surface area contributed by atoms with E-state index in [1.165, 1.54) is 0 Å². The topological polar surface area (TPSA) is 72.6 Å². The molecule has 12 heavy (non-hydrogen) atoms. The van der Waals surface area contributed by atoms with Crippen molar-refractivity contribution in [3.63, 3.8) is 0 Å². The normalized spacial score (nSPS) is 15.6. The lowest BCUT2D eigenvalue weighted by molar-refractivity contribution is -0.138.